The summed E-state index contributed by atoms with van der Waals surface area (Å²) >= 11 is 0. The first-order valence-electron chi connectivity index (χ1n) is 12.2. The van der Waals surface area contributed by atoms with E-state index in [9.17, 15) is 18.3 Å². The van der Waals surface area contributed by atoms with Crippen molar-refractivity contribution >= 4 is 26.8 Å². The second-order valence-corrected chi connectivity index (χ2v) is 11.4. The summed E-state index contributed by atoms with van der Waals surface area (Å²) in [6.45, 7) is 0.364. The van der Waals surface area contributed by atoms with Gasteiger partial charge in [0.2, 0.25) is 10.0 Å². The standard InChI is InChI=1S/C28H29N3O6S/c1-31(2)38(34,35)22-7-5-6-18(13-22)19-14-24(27-26(15-19)36-10-11-37-27)28(33)30-21(17-32)12-20-16-29-25-9-4-3-8-23(20)25/h3-9,13-16,21,29,32H,10-12,17H2,1-2H3,(H,30,33)/t21-/m1/s1. The van der Waals surface area contributed by atoms with Gasteiger partial charge in [-0.3, -0.25) is 4.79 Å². The molecule has 0 radical (unpaired) electrons. The first-order valence-corrected chi connectivity index (χ1v) is 13.6. The summed E-state index contributed by atoms with van der Waals surface area (Å²) < 4.78 is 38.1. The molecule has 0 saturated heterocycles. The van der Waals surface area contributed by atoms with Crippen LogP contribution in [0.3, 0.4) is 0 Å². The number of H-pyrrole nitrogens is 1. The molecule has 1 amide bonds. The number of ether oxygens (including phenoxy) is 2. The predicted octanol–water partition coefficient (Wildman–Crippen LogP) is 3.19. The van der Waals surface area contributed by atoms with Gasteiger partial charge in [-0.15, -0.1) is 0 Å². The van der Waals surface area contributed by atoms with Gasteiger partial charge >= 0.3 is 0 Å². The monoisotopic (exact) mass is 535 g/mol. The van der Waals surface area contributed by atoms with Crippen LogP contribution in [0.25, 0.3) is 22.0 Å². The van der Waals surface area contributed by atoms with E-state index >= 15 is 0 Å². The Morgan fingerprint density at radius 1 is 1.05 bits per heavy atom. The van der Waals surface area contributed by atoms with Crippen LogP contribution in [0.4, 0.5) is 0 Å². The number of hydrogen-bond donors (Lipinski definition) is 3. The van der Waals surface area contributed by atoms with Gasteiger partial charge < -0.3 is 24.9 Å². The Hall–Kier alpha value is -3.86. The van der Waals surface area contributed by atoms with Crippen LogP contribution in [0, 0.1) is 0 Å². The lowest BCUT2D eigenvalue weighted by Gasteiger charge is -2.23. The molecule has 198 valence electrons. The fourth-order valence-corrected chi connectivity index (χ4v) is 5.47. The zero-order valence-corrected chi connectivity index (χ0v) is 21.9. The van der Waals surface area contributed by atoms with E-state index in [0.29, 0.717) is 42.3 Å². The summed E-state index contributed by atoms with van der Waals surface area (Å²) in [6, 6.07) is 17.2. The van der Waals surface area contributed by atoms with Crippen molar-refractivity contribution in [2.45, 2.75) is 17.4 Å². The second kappa shape index (κ2) is 10.5. The molecule has 0 saturated carbocycles. The smallest absolute Gasteiger partial charge is 0.255 e. The Kier molecular flexibility index (Phi) is 7.11. The molecule has 0 fully saturated rings. The van der Waals surface area contributed by atoms with E-state index in [1.54, 1.807) is 30.3 Å². The van der Waals surface area contributed by atoms with Crippen LogP contribution in [0.2, 0.25) is 0 Å². The predicted molar refractivity (Wildman–Crippen MR) is 144 cm³/mol. The molecule has 5 rings (SSSR count). The van der Waals surface area contributed by atoms with Crippen LogP contribution >= 0.6 is 0 Å². The minimum atomic E-state index is -3.64. The summed E-state index contributed by atoms with van der Waals surface area (Å²) in [6.07, 6.45) is 2.31. The van der Waals surface area contributed by atoms with Crippen molar-refractivity contribution < 1.29 is 27.8 Å². The van der Waals surface area contributed by atoms with E-state index in [4.69, 9.17) is 9.47 Å². The van der Waals surface area contributed by atoms with Gasteiger partial charge in [0.25, 0.3) is 5.91 Å². The highest BCUT2D eigenvalue weighted by atomic mass is 32.2. The number of rotatable bonds is 8. The molecule has 0 aliphatic carbocycles. The maximum atomic E-state index is 13.5. The molecule has 1 aliphatic rings. The van der Waals surface area contributed by atoms with Crippen molar-refractivity contribution in [3.63, 3.8) is 0 Å². The molecule has 4 aromatic rings. The summed E-state index contributed by atoms with van der Waals surface area (Å²) in [5.41, 5.74) is 3.42. The Morgan fingerprint density at radius 2 is 1.84 bits per heavy atom. The Balaban J connectivity index is 1.47. The fourth-order valence-electron chi connectivity index (χ4n) is 4.53. The number of hydrogen-bond acceptors (Lipinski definition) is 6. The van der Waals surface area contributed by atoms with Crippen LogP contribution in [0.1, 0.15) is 15.9 Å². The minimum Gasteiger partial charge on any atom is -0.486 e. The zero-order valence-electron chi connectivity index (χ0n) is 21.1. The fraction of sp³-hybridized carbons (Fsp3) is 0.250. The number of benzene rings is 3. The highest BCUT2D eigenvalue weighted by Crippen LogP contribution is 2.39. The number of aliphatic hydroxyl groups is 1. The average Bonchev–Trinajstić information content (AvgIpc) is 3.34. The number of para-hydroxylation sites is 1. The lowest BCUT2D eigenvalue weighted by molar-refractivity contribution is 0.0906. The van der Waals surface area contributed by atoms with Crippen LogP contribution < -0.4 is 14.8 Å². The maximum absolute atomic E-state index is 13.5. The molecule has 3 N–H and O–H groups in total. The second-order valence-electron chi connectivity index (χ2n) is 9.28. The molecule has 0 unspecified atom stereocenters. The van der Waals surface area contributed by atoms with Gasteiger partial charge in [0, 0.05) is 31.2 Å². The molecule has 9 nitrogen and oxygen atoms in total. The number of aromatic nitrogens is 1. The normalized spacial score (nSPS) is 14.0. The van der Waals surface area contributed by atoms with Crippen LogP contribution in [-0.4, -0.2) is 68.7 Å². The molecule has 38 heavy (non-hydrogen) atoms. The molecule has 1 atom stereocenters. The van der Waals surface area contributed by atoms with Gasteiger partial charge in [-0.05, 0) is 53.4 Å². The third kappa shape index (κ3) is 4.98. The Labute approximate surface area is 221 Å². The lowest BCUT2D eigenvalue weighted by atomic mass is 10.00. The number of carbonyl (C=O) groups excluding carboxylic acids is 1. The molecule has 0 spiro atoms. The van der Waals surface area contributed by atoms with E-state index in [1.807, 2.05) is 30.5 Å². The largest absolute Gasteiger partial charge is 0.486 e. The first-order chi connectivity index (χ1) is 18.3. The van der Waals surface area contributed by atoms with Crippen molar-refractivity contribution in [2.24, 2.45) is 0 Å². The lowest BCUT2D eigenvalue weighted by Crippen LogP contribution is -2.39. The molecular formula is C28H29N3O6S. The van der Waals surface area contributed by atoms with E-state index in [2.05, 4.69) is 10.3 Å². The highest BCUT2D eigenvalue weighted by molar-refractivity contribution is 7.89. The Morgan fingerprint density at radius 3 is 2.63 bits per heavy atom. The number of nitrogens with zero attached hydrogens (tertiary/aromatic N) is 1. The van der Waals surface area contributed by atoms with E-state index in [-0.39, 0.29) is 17.1 Å². The first kappa shape index (κ1) is 25.8. The van der Waals surface area contributed by atoms with Crippen LogP contribution in [0.15, 0.2) is 71.8 Å². The van der Waals surface area contributed by atoms with Crippen LogP contribution in [0.5, 0.6) is 11.5 Å². The number of sulfonamides is 1. The number of fused-ring (bicyclic) bond motifs is 2. The summed E-state index contributed by atoms with van der Waals surface area (Å²) in [7, 11) is -0.694. The van der Waals surface area contributed by atoms with Gasteiger partial charge in [-0.2, -0.15) is 0 Å². The maximum Gasteiger partial charge on any atom is 0.255 e. The summed E-state index contributed by atoms with van der Waals surface area (Å²) in [5.74, 6) is 0.292. The third-order valence-electron chi connectivity index (χ3n) is 6.53. The van der Waals surface area contributed by atoms with E-state index in [1.165, 1.54) is 20.2 Å². The molecule has 0 bridgehead atoms. The van der Waals surface area contributed by atoms with Crippen molar-refractivity contribution in [1.29, 1.82) is 0 Å². The van der Waals surface area contributed by atoms with Gasteiger partial charge in [-0.25, -0.2) is 12.7 Å². The van der Waals surface area contributed by atoms with E-state index in [0.717, 1.165) is 20.8 Å². The third-order valence-corrected chi connectivity index (χ3v) is 8.34. The molecule has 1 aliphatic heterocycles. The topological polar surface area (TPSA) is 121 Å². The summed E-state index contributed by atoms with van der Waals surface area (Å²) in [5, 5.41) is 14.0. The Bertz CT molecular complexity index is 1600. The SMILES string of the molecule is CN(C)S(=O)(=O)c1cccc(-c2cc3c(c(C(=O)N[C@@H](CO)Cc4c[nH]c5ccccc45)c2)OCCO3)c1. The number of nitrogens with one attached hydrogen (secondary N) is 2. The van der Waals surface area contributed by atoms with Gasteiger partial charge in [0.05, 0.1) is 23.1 Å². The van der Waals surface area contributed by atoms with Crippen molar-refractivity contribution in [1.82, 2.24) is 14.6 Å². The number of amides is 1. The van der Waals surface area contributed by atoms with Gasteiger partial charge in [0.15, 0.2) is 11.5 Å². The minimum absolute atomic E-state index is 0.139. The highest BCUT2D eigenvalue weighted by Gasteiger charge is 2.25. The van der Waals surface area contributed by atoms with Crippen molar-refractivity contribution in [3.8, 4) is 22.6 Å². The molecule has 2 heterocycles. The molecule has 10 heteroatoms. The van der Waals surface area contributed by atoms with Gasteiger partial charge in [-0.1, -0.05) is 30.3 Å². The number of aliphatic hydroxyl groups excluding tert-OH is 1. The average molecular weight is 536 g/mol. The van der Waals surface area contributed by atoms with Crippen LogP contribution in [-0.2, 0) is 16.4 Å². The van der Waals surface area contributed by atoms with E-state index < -0.39 is 22.0 Å². The number of aromatic amines is 1. The van der Waals surface area contributed by atoms with Crippen molar-refractivity contribution in [2.75, 3.05) is 33.9 Å². The molecule has 1 aromatic heterocycles. The zero-order chi connectivity index (χ0) is 26.9. The molecule has 3 aromatic carbocycles. The van der Waals surface area contributed by atoms with Crippen molar-refractivity contribution in [3.05, 3.63) is 78.0 Å². The summed E-state index contributed by atoms with van der Waals surface area (Å²) in [4.78, 5) is 16.9. The molecular weight excluding hydrogens is 506 g/mol. The van der Waals surface area contributed by atoms with Gasteiger partial charge in [0.1, 0.15) is 13.2 Å². The quantitative estimate of drug-likeness (QED) is 0.319. The number of carbonyl (C=O) groups is 1.